The second-order valence-electron chi connectivity index (χ2n) is 3.83. The molecule has 0 amide bonds. The van der Waals surface area contributed by atoms with E-state index in [9.17, 15) is 5.21 Å². The third-order valence-electron chi connectivity index (χ3n) is 2.45. The summed E-state index contributed by atoms with van der Waals surface area (Å²) in [6, 6.07) is 7.92. The molecule has 0 unspecified atom stereocenters. The maximum absolute atomic E-state index is 9.61. The number of anilines is 1. The molecule has 0 aromatic heterocycles. The van der Waals surface area contributed by atoms with Crippen molar-refractivity contribution in [3.63, 3.8) is 0 Å². The van der Waals surface area contributed by atoms with Crippen LogP contribution in [0.15, 0.2) is 41.5 Å². The highest BCUT2D eigenvalue weighted by atomic mass is 16.5. The molecule has 0 spiro atoms. The summed E-state index contributed by atoms with van der Waals surface area (Å²) in [7, 11) is 3.99. The van der Waals surface area contributed by atoms with E-state index < -0.39 is 0 Å². The van der Waals surface area contributed by atoms with Crippen molar-refractivity contribution in [1.82, 2.24) is 5.06 Å². The van der Waals surface area contributed by atoms with Crippen molar-refractivity contribution in [3.05, 3.63) is 42.1 Å². The maximum atomic E-state index is 9.61. The molecule has 1 aliphatic heterocycles. The van der Waals surface area contributed by atoms with Gasteiger partial charge in [-0.2, -0.15) is 0 Å². The van der Waals surface area contributed by atoms with Gasteiger partial charge in [0.15, 0.2) is 5.84 Å². The van der Waals surface area contributed by atoms with Crippen LogP contribution >= 0.6 is 0 Å². The zero-order valence-electron chi connectivity index (χ0n) is 9.46. The molecule has 1 aromatic rings. The third kappa shape index (κ3) is 2.06. The SMILES string of the molecule is CN(C)c1ccc(C2=NCC=CN2O)cc1. The predicted molar refractivity (Wildman–Crippen MR) is 64.9 cm³/mol. The number of hydrogen-bond acceptors (Lipinski definition) is 4. The zero-order valence-corrected chi connectivity index (χ0v) is 9.46. The molecule has 0 saturated heterocycles. The molecule has 0 atom stereocenters. The quantitative estimate of drug-likeness (QED) is 0.819. The summed E-state index contributed by atoms with van der Waals surface area (Å²) in [6.45, 7) is 0.613. The van der Waals surface area contributed by atoms with Crippen LogP contribution in [0.25, 0.3) is 0 Å². The van der Waals surface area contributed by atoms with Gasteiger partial charge >= 0.3 is 0 Å². The Morgan fingerprint density at radius 3 is 2.50 bits per heavy atom. The number of amidine groups is 1. The lowest BCUT2D eigenvalue weighted by atomic mass is 10.1. The molecule has 0 aliphatic carbocycles. The molecular formula is C12H15N3O. The lowest BCUT2D eigenvalue weighted by molar-refractivity contribution is 0.0364. The zero-order chi connectivity index (χ0) is 11.5. The van der Waals surface area contributed by atoms with Gasteiger partial charge in [-0.1, -0.05) is 0 Å². The number of nitrogens with zero attached hydrogens (tertiary/aromatic N) is 3. The molecule has 0 saturated carbocycles. The topological polar surface area (TPSA) is 39.1 Å². The van der Waals surface area contributed by atoms with Crippen LogP contribution in [0.4, 0.5) is 5.69 Å². The van der Waals surface area contributed by atoms with Gasteiger partial charge in [0.2, 0.25) is 0 Å². The molecule has 0 fully saturated rings. The van der Waals surface area contributed by atoms with Crippen LogP contribution in [0.3, 0.4) is 0 Å². The second-order valence-corrected chi connectivity index (χ2v) is 3.83. The van der Waals surface area contributed by atoms with Crippen LogP contribution in [-0.2, 0) is 0 Å². The average molecular weight is 217 g/mol. The normalized spacial score (nSPS) is 14.9. The largest absolute Gasteiger partial charge is 0.378 e. The van der Waals surface area contributed by atoms with Crippen LogP contribution in [-0.4, -0.2) is 36.7 Å². The van der Waals surface area contributed by atoms with Crippen molar-refractivity contribution >= 4 is 11.5 Å². The Balaban J connectivity index is 2.25. The highest BCUT2D eigenvalue weighted by Gasteiger charge is 2.11. The molecular weight excluding hydrogens is 202 g/mol. The lowest BCUT2D eigenvalue weighted by Gasteiger charge is -2.19. The van der Waals surface area contributed by atoms with Gasteiger partial charge in [0.1, 0.15) is 0 Å². The highest BCUT2D eigenvalue weighted by molar-refractivity contribution is 5.99. The molecule has 0 radical (unpaired) electrons. The second kappa shape index (κ2) is 4.37. The van der Waals surface area contributed by atoms with Crippen molar-refractivity contribution in [2.75, 3.05) is 25.5 Å². The predicted octanol–water partition coefficient (Wildman–Crippen LogP) is 1.72. The molecule has 0 bridgehead atoms. The molecule has 4 nitrogen and oxygen atoms in total. The summed E-state index contributed by atoms with van der Waals surface area (Å²) >= 11 is 0. The third-order valence-corrected chi connectivity index (χ3v) is 2.45. The monoisotopic (exact) mass is 217 g/mol. The molecule has 1 aliphatic rings. The fourth-order valence-corrected chi connectivity index (χ4v) is 1.56. The first-order valence-electron chi connectivity index (χ1n) is 5.15. The van der Waals surface area contributed by atoms with Gasteiger partial charge in [-0.15, -0.1) is 0 Å². The number of hydroxylamine groups is 2. The Labute approximate surface area is 95.1 Å². The van der Waals surface area contributed by atoms with Gasteiger partial charge in [-0.05, 0) is 30.3 Å². The molecule has 1 aromatic carbocycles. The fourth-order valence-electron chi connectivity index (χ4n) is 1.56. The molecule has 4 heteroatoms. The van der Waals surface area contributed by atoms with Gasteiger partial charge in [0.05, 0.1) is 6.54 Å². The Morgan fingerprint density at radius 1 is 1.25 bits per heavy atom. The summed E-state index contributed by atoms with van der Waals surface area (Å²) in [5.41, 5.74) is 2.04. The number of aliphatic imine (C=N–C) groups is 1. The molecule has 16 heavy (non-hydrogen) atoms. The average Bonchev–Trinajstić information content (AvgIpc) is 2.30. The van der Waals surface area contributed by atoms with Gasteiger partial charge < -0.3 is 4.90 Å². The Bertz CT molecular complexity index is 420. The summed E-state index contributed by atoms with van der Waals surface area (Å²) in [4.78, 5) is 6.28. The highest BCUT2D eigenvalue weighted by Crippen LogP contribution is 2.15. The Hall–Kier alpha value is -1.81. The Morgan fingerprint density at radius 2 is 1.94 bits per heavy atom. The lowest BCUT2D eigenvalue weighted by Crippen LogP contribution is -2.25. The summed E-state index contributed by atoms with van der Waals surface area (Å²) in [5, 5.41) is 10.7. The first-order valence-corrected chi connectivity index (χ1v) is 5.15. The van der Waals surface area contributed by atoms with E-state index in [1.165, 1.54) is 0 Å². The van der Waals surface area contributed by atoms with Crippen LogP contribution in [0.5, 0.6) is 0 Å². The van der Waals surface area contributed by atoms with E-state index in [1.54, 1.807) is 12.3 Å². The van der Waals surface area contributed by atoms with E-state index in [2.05, 4.69) is 4.99 Å². The maximum Gasteiger partial charge on any atom is 0.160 e. The number of benzene rings is 1. The van der Waals surface area contributed by atoms with Crippen molar-refractivity contribution in [2.45, 2.75) is 0 Å². The van der Waals surface area contributed by atoms with Crippen LogP contribution in [0, 0.1) is 0 Å². The summed E-state index contributed by atoms with van der Waals surface area (Å²) in [5.74, 6) is 0.591. The molecule has 1 N–H and O–H groups in total. The van der Waals surface area contributed by atoms with Crippen LogP contribution < -0.4 is 4.90 Å². The van der Waals surface area contributed by atoms with Crippen molar-refractivity contribution in [3.8, 4) is 0 Å². The van der Waals surface area contributed by atoms with Gasteiger partial charge in [0, 0.05) is 31.5 Å². The first-order chi connectivity index (χ1) is 7.68. The summed E-state index contributed by atoms with van der Waals surface area (Å²) in [6.07, 6.45) is 3.42. The Kier molecular flexibility index (Phi) is 2.92. The smallest absolute Gasteiger partial charge is 0.160 e. The van der Waals surface area contributed by atoms with E-state index in [-0.39, 0.29) is 0 Å². The van der Waals surface area contributed by atoms with E-state index in [1.807, 2.05) is 43.3 Å². The van der Waals surface area contributed by atoms with E-state index in [4.69, 9.17) is 0 Å². The minimum Gasteiger partial charge on any atom is -0.378 e. The number of rotatable bonds is 2. The van der Waals surface area contributed by atoms with Crippen molar-refractivity contribution < 1.29 is 5.21 Å². The molecule has 2 rings (SSSR count). The van der Waals surface area contributed by atoms with Crippen LogP contribution in [0.2, 0.25) is 0 Å². The van der Waals surface area contributed by atoms with Gasteiger partial charge in [0.25, 0.3) is 0 Å². The van der Waals surface area contributed by atoms with Crippen molar-refractivity contribution in [1.29, 1.82) is 0 Å². The van der Waals surface area contributed by atoms with E-state index >= 15 is 0 Å². The van der Waals surface area contributed by atoms with Crippen molar-refractivity contribution in [2.24, 2.45) is 4.99 Å². The van der Waals surface area contributed by atoms with Gasteiger partial charge in [-0.25, -0.2) is 5.06 Å². The first kappa shape index (κ1) is 10.7. The minimum atomic E-state index is 0.591. The molecule has 1 heterocycles. The molecule has 84 valence electrons. The van der Waals surface area contributed by atoms with E-state index in [0.29, 0.717) is 12.4 Å². The summed E-state index contributed by atoms with van der Waals surface area (Å²) < 4.78 is 0. The van der Waals surface area contributed by atoms with Crippen LogP contribution in [0.1, 0.15) is 5.56 Å². The minimum absolute atomic E-state index is 0.591. The van der Waals surface area contributed by atoms with Gasteiger partial charge in [-0.3, -0.25) is 10.2 Å². The standard InChI is InChI=1S/C12H15N3O/c1-14(2)11-6-4-10(5-7-11)12-13-8-3-9-15(12)16/h3-7,9,16H,8H2,1-2H3. The fraction of sp³-hybridized carbons (Fsp3) is 0.250. The van der Waals surface area contributed by atoms with E-state index in [0.717, 1.165) is 16.3 Å². The number of hydrogen-bond donors (Lipinski definition) is 1.